The lowest BCUT2D eigenvalue weighted by Crippen LogP contribution is -2.31. The minimum absolute atomic E-state index is 0.0377. The van der Waals surface area contributed by atoms with Gasteiger partial charge in [-0.2, -0.15) is 0 Å². The van der Waals surface area contributed by atoms with Crippen LogP contribution in [0.3, 0.4) is 0 Å². The first-order valence-corrected chi connectivity index (χ1v) is 11.0. The molecule has 0 N–H and O–H groups in total. The minimum atomic E-state index is -0.120. The molecule has 0 fully saturated rings. The molecule has 148 valence electrons. The number of carbonyl (C=O) groups is 1. The van der Waals surface area contributed by atoms with Crippen molar-refractivity contribution in [3.63, 3.8) is 0 Å². The number of amides is 1. The van der Waals surface area contributed by atoms with Crippen LogP contribution >= 0.6 is 34.7 Å². The molecule has 4 aromatic rings. The number of carbonyl (C=O) groups excluding carboxylic acids is 1. The highest BCUT2D eigenvalue weighted by molar-refractivity contribution is 7.99. The number of fused-ring (bicyclic) bond motifs is 1. The molecule has 6 nitrogen and oxygen atoms in total. The van der Waals surface area contributed by atoms with E-state index in [1.54, 1.807) is 35.4 Å². The highest BCUT2D eigenvalue weighted by atomic mass is 35.5. The van der Waals surface area contributed by atoms with Gasteiger partial charge >= 0.3 is 0 Å². The molecule has 0 spiro atoms. The van der Waals surface area contributed by atoms with E-state index in [1.807, 2.05) is 43.3 Å². The summed E-state index contributed by atoms with van der Waals surface area (Å²) in [6, 6.07) is 15.0. The van der Waals surface area contributed by atoms with Crippen LogP contribution in [-0.2, 0) is 4.79 Å². The monoisotopic (exact) mass is 444 g/mol. The van der Waals surface area contributed by atoms with Crippen molar-refractivity contribution in [2.24, 2.45) is 0 Å². The summed E-state index contributed by atoms with van der Waals surface area (Å²) in [6.45, 7) is 1.98. The van der Waals surface area contributed by atoms with Gasteiger partial charge in [0.05, 0.1) is 22.0 Å². The summed E-state index contributed by atoms with van der Waals surface area (Å²) in [4.78, 5) is 19.0. The summed E-state index contributed by atoms with van der Waals surface area (Å²) in [5.41, 5.74) is 1.69. The van der Waals surface area contributed by atoms with Crippen molar-refractivity contribution >= 4 is 50.8 Å². The molecule has 0 aliphatic heterocycles. The summed E-state index contributed by atoms with van der Waals surface area (Å²) >= 11 is 8.81. The van der Waals surface area contributed by atoms with Crippen LogP contribution in [-0.4, -0.2) is 38.8 Å². The zero-order chi connectivity index (χ0) is 20.4. The summed E-state index contributed by atoms with van der Waals surface area (Å²) < 4.78 is 6.76. The number of rotatable bonds is 6. The van der Waals surface area contributed by atoms with Crippen LogP contribution in [0.5, 0.6) is 0 Å². The van der Waals surface area contributed by atoms with E-state index in [2.05, 4.69) is 15.2 Å². The Hall–Kier alpha value is -2.42. The van der Waals surface area contributed by atoms with Gasteiger partial charge in [0.1, 0.15) is 5.01 Å². The van der Waals surface area contributed by atoms with E-state index in [1.165, 1.54) is 11.8 Å². The highest BCUT2D eigenvalue weighted by Gasteiger charge is 2.21. The first kappa shape index (κ1) is 19.9. The maximum Gasteiger partial charge on any atom is 0.277 e. The molecule has 0 radical (unpaired) electrons. The maximum atomic E-state index is 12.6. The van der Waals surface area contributed by atoms with E-state index in [4.69, 9.17) is 16.0 Å². The molecule has 2 heterocycles. The molecule has 1 atom stereocenters. The van der Waals surface area contributed by atoms with E-state index >= 15 is 0 Å². The Morgan fingerprint density at radius 1 is 1.24 bits per heavy atom. The molecule has 0 aliphatic rings. The average Bonchev–Trinajstić information content (AvgIpc) is 3.38. The van der Waals surface area contributed by atoms with Crippen LogP contribution in [0.15, 0.2) is 58.2 Å². The van der Waals surface area contributed by atoms with Crippen LogP contribution in [0.4, 0.5) is 0 Å². The highest BCUT2D eigenvalue weighted by Crippen LogP contribution is 2.30. The second-order valence-corrected chi connectivity index (χ2v) is 8.80. The normalized spacial score (nSPS) is 12.2. The molecular formula is C20H17ClN4O2S2. The van der Waals surface area contributed by atoms with Crippen molar-refractivity contribution in [3.8, 4) is 11.5 Å². The van der Waals surface area contributed by atoms with Crippen molar-refractivity contribution in [1.82, 2.24) is 20.1 Å². The zero-order valence-electron chi connectivity index (χ0n) is 15.7. The van der Waals surface area contributed by atoms with Crippen LogP contribution in [0.2, 0.25) is 5.02 Å². The molecule has 1 unspecified atom stereocenters. The van der Waals surface area contributed by atoms with Gasteiger partial charge in [0, 0.05) is 17.6 Å². The molecule has 0 saturated carbocycles. The van der Waals surface area contributed by atoms with E-state index in [0.717, 1.165) is 20.8 Å². The van der Waals surface area contributed by atoms with Crippen LogP contribution in [0.1, 0.15) is 18.0 Å². The van der Waals surface area contributed by atoms with Gasteiger partial charge in [0.25, 0.3) is 5.22 Å². The molecule has 0 aliphatic carbocycles. The summed E-state index contributed by atoms with van der Waals surface area (Å²) in [7, 11) is 1.78. The Balaban J connectivity index is 1.39. The van der Waals surface area contributed by atoms with Crippen molar-refractivity contribution < 1.29 is 9.21 Å². The van der Waals surface area contributed by atoms with E-state index < -0.39 is 0 Å². The van der Waals surface area contributed by atoms with Gasteiger partial charge < -0.3 is 9.32 Å². The van der Waals surface area contributed by atoms with Gasteiger partial charge in [0.15, 0.2) is 0 Å². The fourth-order valence-corrected chi connectivity index (χ4v) is 4.62. The molecule has 0 bridgehead atoms. The number of aromatic nitrogens is 3. The topological polar surface area (TPSA) is 72.1 Å². The first-order valence-electron chi connectivity index (χ1n) is 8.84. The number of hydrogen-bond donors (Lipinski definition) is 0. The Labute approximate surface area is 180 Å². The lowest BCUT2D eigenvalue weighted by molar-refractivity contribution is -0.128. The number of thiazole rings is 1. The molecule has 2 aromatic carbocycles. The third kappa shape index (κ3) is 4.44. The molecule has 1 amide bonds. The standard InChI is InChI=1S/C20H17ClN4O2S2/c1-12(19-22-15-8-3-4-9-16(15)29-19)25(2)17(26)11-28-20-24-23-18(27-20)13-6-5-7-14(21)10-13/h3-10,12H,11H2,1-2H3. The Kier molecular flexibility index (Phi) is 5.84. The van der Waals surface area contributed by atoms with Crippen LogP contribution in [0, 0.1) is 0 Å². The fraction of sp³-hybridized carbons (Fsp3) is 0.200. The van der Waals surface area contributed by atoms with Crippen molar-refractivity contribution in [3.05, 3.63) is 58.6 Å². The number of nitrogens with zero attached hydrogens (tertiary/aromatic N) is 4. The number of halogens is 1. The third-order valence-electron chi connectivity index (χ3n) is 4.44. The number of benzene rings is 2. The maximum absolute atomic E-state index is 12.6. The second-order valence-electron chi connectivity index (χ2n) is 6.37. The summed E-state index contributed by atoms with van der Waals surface area (Å²) in [5, 5.41) is 9.88. The molecule has 0 saturated heterocycles. The Morgan fingerprint density at radius 2 is 2.07 bits per heavy atom. The van der Waals surface area contributed by atoms with Crippen LogP contribution < -0.4 is 0 Å². The molecule has 9 heteroatoms. The molecular weight excluding hydrogens is 428 g/mol. The number of para-hydroxylation sites is 1. The molecule has 2 aromatic heterocycles. The molecule has 4 rings (SSSR count). The van der Waals surface area contributed by atoms with Crippen molar-refractivity contribution in [2.75, 3.05) is 12.8 Å². The average molecular weight is 445 g/mol. The third-order valence-corrected chi connectivity index (χ3v) is 6.68. The largest absolute Gasteiger partial charge is 0.411 e. The first-order chi connectivity index (χ1) is 14.0. The lowest BCUT2D eigenvalue weighted by atomic mass is 10.2. The number of hydrogen-bond acceptors (Lipinski definition) is 7. The van der Waals surface area contributed by atoms with E-state index in [0.29, 0.717) is 16.1 Å². The van der Waals surface area contributed by atoms with Crippen molar-refractivity contribution in [1.29, 1.82) is 0 Å². The van der Waals surface area contributed by atoms with Gasteiger partial charge in [0.2, 0.25) is 11.8 Å². The van der Waals surface area contributed by atoms with Gasteiger partial charge in [-0.3, -0.25) is 4.79 Å². The minimum Gasteiger partial charge on any atom is -0.411 e. The number of thioether (sulfide) groups is 1. The molecule has 29 heavy (non-hydrogen) atoms. The predicted octanol–water partition coefficient (Wildman–Crippen LogP) is 5.31. The van der Waals surface area contributed by atoms with Gasteiger partial charge in [-0.1, -0.05) is 41.6 Å². The van der Waals surface area contributed by atoms with Gasteiger partial charge in [-0.25, -0.2) is 4.98 Å². The van der Waals surface area contributed by atoms with Crippen LogP contribution in [0.25, 0.3) is 21.7 Å². The quantitative estimate of drug-likeness (QED) is 0.375. The van der Waals surface area contributed by atoms with Gasteiger partial charge in [-0.05, 0) is 37.3 Å². The SMILES string of the molecule is CC(c1nc2ccccc2s1)N(C)C(=O)CSc1nnc(-c2cccc(Cl)c2)o1. The second kappa shape index (κ2) is 8.52. The fourth-order valence-electron chi connectivity index (χ4n) is 2.68. The summed E-state index contributed by atoms with van der Waals surface area (Å²) in [5.74, 6) is 0.533. The Bertz CT molecular complexity index is 1130. The van der Waals surface area contributed by atoms with Crippen molar-refractivity contribution in [2.45, 2.75) is 18.2 Å². The zero-order valence-corrected chi connectivity index (χ0v) is 18.1. The Morgan fingerprint density at radius 3 is 2.86 bits per heavy atom. The van der Waals surface area contributed by atoms with E-state index in [-0.39, 0.29) is 17.7 Å². The van der Waals surface area contributed by atoms with E-state index in [9.17, 15) is 4.79 Å². The predicted molar refractivity (Wildman–Crippen MR) is 116 cm³/mol. The van der Waals surface area contributed by atoms with Gasteiger partial charge in [-0.15, -0.1) is 21.5 Å². The summed E-state index contributed by atoms with van der Waals surface area (Å²) in [6.07, 6.45) is 0. The lowest BCUT2D eigenvalue weighted by Gasteiger charge is -2.22. The smallest absolute Gasteiger partial charge is 0.277 e.